The molecule has 0 aliphatic heterocycles. The molecule has 19 heavy (non-hydrogen) atoms. The summed E-state index contributed by atoms with van der Waals surface area (Å²) in [7, 11) is 2.23. The number of carbonyl (C=O) groups excluding carboxylic acids is 1. The van der Waals surface area contributed by atoms with Crippen molar-refractivity contribution in [2.45, 2.75) is 32.2 Å². The molecule has 1 aromatic heterocycles. The summed E-state index contributed by atoms with van der Waals surface area (Å²) in [5.41, 5.74) is 2.64. The first-order valence-electron chi connectivity index (χ1n) is 6.34. The van der Waals surface area contributed by atoms with Gasteiger partial charge in [-0.25, -0.2) is 0 Å². The fraction of sp³-hybridized carbons (Fsp3) is 0.462. The number of rotatable bonds is 6. The topological polar surface area (TPSA) is 57.0 Å². The van der Waals surface area contributed by atoms with Crippen molar-refractivity contribution in [3.05, 3.63) is 23.8 Å². The van der Waals surface area contributed by atoms with Crippen LogP contribution in [0.2, 0.25) is 6.04 Å². The lowest BCUT2D eigenvalue weighted by atomic mass is 10.2. The number of fused-ring (bicyclic) bond motifs is 1. The van der Waals surface area contributed by atoms with Crippen LogP contribution in [0.5, 0.6) is 0 Å². The van der Waals surface area contributed by atoms with Gasteiger partial charge in [0.2, 0.25) is 15.7 Å². The summed E-state index contributed by atoms with van der Waals surface area (Å²) >= 11 is 0. The molecule has 0 unspecified atom stereocenters. The Bertz CT molecular complexity index is 568. The SMILES string of the molecule is CO[Si]CCCCC(=O)n1nnc2c(C)cccc21. The van der Waals surface area contributed by atoms with E-state index < -0.39 is 0 Å². The second-order valence-corrected chi connectivity index (χ2v) is 5.59. The quantitative estimate of drug-likeness (QED) is 0.599. The van der Waals surface area contributed by atoms with Crippen LogP contribution in [0.3, 0.4) is 0 Å². The van der Waals surface area contributed by atoms with E-state index in [-0.39, 0.29) is 5.91 Å². The predicted octanol–water partition coefficient (Wildman–Crippen LogP) is 2.23. The molecule has 1 heterocycles. The van der Waals surface area contributed by atoms with Crippen LogP contribution in [-0.2, 0) is 4.43 Å². The second-order valence-electron chi connectivity index (χ2n) is 4.39. The molecule has 0 spiro atoms. The Morgan fingerprint density at radius 1 is 1.42 bits per heavy atom. The Kier molecular flexibility index (Phi) is 4.81. The second kappa shape index (κ2) is 6.58. The van der Waals surface area contributed by atoms with E-state index in [1.165, 1.54) is 4.68 Å². The highest BCUT2D eigenvalue weighted by atomic mass is 28.2. The lowest BCUT2D eigenvalue weighted by Crippen LogP contribution is -2.12. The van der Waals surface area contributed by atoms with Crippen molar-refractivity contribution in [1.82, 2.24) is 15.0 Å². The van der Waals surface area contributed by atoms with Crippen molar-refractivity contribution in [2.24, 2.45) is 0 Å². The van der Waals surface area contributed by atoms with E-state index in [0.29, 0.717) is 16.2 Å². The number of hydrogen-bond donors (Lipinski definition) is 0. The van der Waals surface area contributed by atoms with Gasteiger partial charge in [-0.15, -0.1) is 5.10 Å². The van der Waals surface area contributed by atoms with Crippen molar-refractivity contribution in [3.63, 3.8) is 0 Å². The smallest absolute Gasteiger partial charge is 0.248 e. The highest BCUT2D eigenvalue weighted by molar-refractivity contribution is 6.26. The summed E-state index contributed by atoms with van der Waals surface area (Å²) in [4.78, 5) is 12.1. The first-order valence-corrected chi connectivity index (χ1v) is 7.45. The minimum absolute atomic E-state index is 0.00819. The van der Waals surface area contributed by atoms with Crippen molar-refractivity contribution in [1.29, 1.82) is 0 Å². The van der Waals surface area contributed by atoms with Crippen LogP contribution in [0.4, 0.5) is 0 Å². The summed E-state index contributed by atoms with van der Waals surface area (Å²) in [6, 6.07) is 6.79. The van der Waals surface area contributed by atoms with Crippen LogP contribution in [0.25, 0.3) is 11.0 Å². The molecule has 0 atom stereocenters. The van der Waals surface area contributed by atoms with Crippen molar-refractivity contribution in [3.8, 4) is 0 Å². The molecule has 1 aromatic carbocycles. The fourth-order valence-corrected chi connectivity index (χ4v) is 2.55. The number of carbonyl (C=O) groups is 1. The first kappa shape index (κ1) is 13.9. The third-order valence-corrected chi connectivity index (χ3v) is 3.83. The molecule has 5 nitrogen and oxygen atoms in total. The van der Waals surface area contributed by atoms with Crippen molar-refractivity contribution in [2.75, 3.05) is 7.11 Å². The van der Waals surface area contributed by atoms with E-state index in [1.807, 2.05) is 25.1 Å². The number of aryl methyl sites for hydroxylation is 1. The first-order chi connectivity index (χ1) is 9.24. The van der Waals surface area contributed by atoms with Crippen LogP contribution in [-0.4, -0.2) is 37.8 Å². The number of nitrogens with zero attached hydrogens (tertiary/aromatic N) is 3. The number of hydrogen-bond acceptors (Lipinski definition) is 4. The number of unbranched alkanes of at least 4 members (excludes halogenated alkanes) is 1. The number of benzene rings is 1. The van der Waals surface area contributed by atoms with Gasteiger partial charge in [0.15, 0.2) is 0 Å². The average molecular weight is 275 g/mol. The molecule has 2 radical (unpaired) electrons. The van der Waals surface area contributed by atoms with E-state index in [1.54, 1.807) is 7.11 Å². The fourth-order valence-electron chi connectivity index (χ4n) is 1.95. The van der Waals surface area contributed by atoms with Crippen LogP contribution < -0.4 is 0 Å². The van der Waals surface area contributed by atoms with Crippen molar-refractivity contribution >= 4 is 26.7 Å². The van der Waals surface area contributed by atoms with E-state index in [9.17, 15) is 4.79 Å². The van der Waals surface area contributed by atoms with Crippen LogP contribution in [0, 0.1) is 6.92 Å². The lowest BCUT2D eigenvalue weighted by molar-refractivity contribution is 0.0887. The van der Waals surface area contributed by atoms with Gasteiger partial charge in [0.1, 0.15) is 5.52 Å². The highest BCUT2D eigenvalue weighted by Crippen LogP contribution is 2.15. The van der Waals surface area contributed by atoms with Gasteiger partial charge in [-0.1, -0.05) is 23.8 Å². The van der Waals surface area contributed by atoms with Crippen molar-refractivity contribution < 1.29 is 9.22 Å². The molecular weight excluding hydrogens is 258 g/mol. The van der Waals surface area contributed by atoms with Gasteiger partial charge < -0.3 is 4.43 Å². The van der Waals surface area contributed by atoms with Gasteiger partial charge in [0.05, 0.1) is 5.52 Å². The Morgan fingerprint density at radius 3 is 3.05 bits per heavy atom. The average Bonchev–Trinajstić information content (AvgIpc) is 2.84. The standard InChI is InChI=1S/C13H17N3O2Si/c1-10-6-5-7-11-13(10)14-15-16(11)12(17)8-3-4-9-19-18-2/h5-7H,3-4,8-9H2,1-2H3. The summed E-state index contributed by atoms with van der Waals surface area (Å²) in [5, 5.41) is 8.04. The molecule has 2 aromatic rings. The summed E-state index contributed by atoms with van der Waals surface area (Å²) in [5.74, 6) is 0.00819. The van der Waals surface area contributed by atoms with Crippen LogP contribution >= 0.6 is 0 Å². The van der Waals surface area contributed by atoms with Gasteiger partial charge >= 0.3 is 0 Å². The molecule has 0 amide bonds. The van der Waals surface area contributed by atoms with Gasteiger partial charge in [-0.2, -0.15) is 4.68 Å². The lowest BCUT2D eigenvalue weighted by Gasteiger charge is -2.01. The molecular formula is C13H17N3O2Si. The summed E-state index contributed by atoms with van der Waals surface area (Å²) in [6.07, 6.45) is 2.37. The Balaban J connectivity index is 2.00. The highest BCUT2D eigenvalue weighted by Gasteiger charge is 2.12. The van der Waals surface area contributed by atoms with E-state index in [0.717, 1.165) is 35.5 Å². The molecule has 0 saturated carbocycles. The predicted molar refractivity (Wildman–Crippen MR) is 74.3 cm³/mol. The van der Waals surface area contributed by atoms with Gasteiger partial charge in [0, 0.05) is 13.5 Å². The van der Waals surface area contributed by atoms with Gasteiger partial charge in [-0.3, -0.25) is 4.79 Å². The molecule has 0 aliphatic rings. The minimum atomic E-state index is 0.00819. The molecule has 2 rings (SSSR count). The van der Waals surface area contributed by atoms with Gasteiger partial charge in [-0.05, 0) is 31.0 Å². The van der Waals surface area contributed by atoms with Crippen LogP contribution in [0.1, 0.15) is 29.6 Å². The number of aromatic nitrogens is 3. The largest absolute Gasteiger partial charge is 0.421 e. The molecule has 6 heteroatoms. The normalized spacial score (nSPS) is 11.1. The van der Waals surface area contributed by atoms with E-state index >= 15 is 0 Å². The summed E-state index contributed by atoms with van der Waals surface area (Å²) < 4.78 is 6.42. The third-order valence-electron chi connectivity index (χ3n) is 2.98. The maximum atomic E-state index is 12.1. The maximum Gasteiger partial charge on any atom is 0.248 e. The zero-order valence-electron chi connectivity index (χ0n) is 11.2. The van der Waals surface area contributed by atoms with E-state index in [2.05, 4.69) is 10.3 Å². The van der Waals surface area contributed by atoms with Crippen LogP contribution in [0.15, 0.2) is 18.2 Å². The van der Waals surface area contributed by atoms with E-state index in [4.69, 9.17) is 4.43 Å². The van der Waals surface area contributed by atoms with Gasteiger partial charge in [0.25, 0.3) is 0 Å². The third kappa shape index (κ3) is 3.27. The molecule has 100 valence electrons. The minimum Gasteiger partial charge on any atom is -0.421 e. The molecule has 0 fully saturated rings. The maximum absolute atomic E-state index is 12.1. The molecule has 0 bridgehead atoms. The Morgan fingerprint density at radius 2 is 2.26 bits per heavy atom. The molecule has 0 N–H and O–H groups in total. The monoisotopic (exact) mass is 275 g/mol. The Labute approximate surface area is 114 Å². The zero-order valence-corrected chi connectivity index (χ0v) is 12.2. The summed E-state index contributed by atoms with van der Waals surface area (Å²) in [6.45, 7) is 1.97. The Hall–Kier alpha value is -1.53. The molecule has 0 aliphatic carbocycles. The zero-order chi connectivity index (χ0) is 13.7. The molecule has 0 saturated heterocycles.